The van der Waals surface area contributed by atoms with Gasteiger partial charge in [-0.1, -0.05) is 0 Å². The van der Waals surface area contributed by atoms with E-state index in [-0.39, 0.29) is 25.1 Å². The normalized spacial score (nSPS) is 11.2. The van der Waals surface area contributed by atoms with Crippen molar-refractivity contribution < 1.29 is 28.6 Å². The lowest BCUT2D eigenvalue weighted by molar-refractivity contribution is -0.154. The van der Waals surface area contributed by atoms with Crippen molar-refractivity contribution in [2.75, 3.05) is 0 Å². The standard InChI is InChI=1S/C20H28O6/c1-13(2)25-18-10-15(12-24-14(3)22)9-16(11-21)17(18)7-8-19(23)26-20(4,5)6/h9-11,13H,7-8,12H2,1-6H3. The minimum absolute atomic E-state index is 0.0526. The number of hydrogen-bond acceptors (Lipinski definition) is 6. The number of benzene rings is 1. The molecule has 0 saturated carbocycles. The van der Waals surface area contributed by atoms with Crippen molar-refractivity contribution in [1.82, 2.24) is 0 Å². The van der Waals surface area contributed by atoms with Crippen LogP contribution in [0.5, 0.6) is 5.75 Å². The molecule has 1 aromatic rings. The van der Waals surface area contributed by atoms with E-state index in [2.05, 4.69) is 0 Å². The average molecular weight is 364 g/mol. The van der Waals surface area contributed by atoms with Gasteiger partial charge in [-0.3, -0.25) is 14.4 Å². The summed E-state index contributed by atoms with van der Waals surface area (Å²) in [6.45, 7) is 10.5. The van der Waals surface area contributed by atoms with E-state index in [1.807, 2.05) is 13.8 Å². The summed E-state index contributed by atoms with van der Waals surface area (Å²) in [6.07, 6.45) is 1.06. The van der Waals surface area contributed by atoms with Gasteiger partial charge < -0.3 is 14.2 Å². The molecule has 26 heavy (non-hydrogen) atoms. The quantitative estimate of drug-likeness (QED) is 0.518. The predicted octanol–water partition coefficient (Wildman–Crippen LogP) is 3.62. The first-order valence-electron chi connectivity index (χ1n) is 8.64. The van der Waals surface area contributed by atoms with E-state index < -0.39 is 11.6 Å². The van der Waals surface area contributed by atoms with Gasteiger partial charge in [0.25, 0.3) is 0 Å². The van der Waals surface area contributed by atoms with Gasteiger partial charge in [0.15, 0.2) is 0 Å². The molecule has 144 valence electrons. The Morgan fingerprint density at radius 2 is 1.85 bits per heavy atom. The maximum Gasteiger partial charge on any atom is 0.306 e. The Bertz CT molecular complexity index is 655. The molecular weight excluding hydrogens is 336 g/mol. The second kappa shape index (κ2) is 9.36. The Balaban J connectivity index is 3.08. The molecule has 0 heterocycles. The van der Waals surface area contributed by atoms with Gasteiger partial charge in [0.2, 0.25) is 0 Å². The summed E-state index contributed by atoms with van der Waals surface area (Å²) in [6, 6.07) is 3.38. The van der Waals surface area contributed by atoms with Crippen LogP contribution in [0.4, 0.5) is 0 Å². The summed E-state index contributed by atoms with van der Waals surface area (Å²) < 4.78 is 16.1. The molecule has 0 amide bonds. The molecule has 0 aromatic heterocycles. The highest BCUT2D eigenvalue weighted by Crippen LogP contribution is 2.27. The van der Waals surface area contributed by atoms with E-state index in [9.17, 15) is 14.4 Å². The third-order valence-corrected chi connectivity index (χ3v) is 3.23. The van der Waals surface area contributed by atoms with Crippen LogP contribution in [0.25, 0.3) is 0 Å². The van der Waals surface area contributed by atoms with Crippen LogP contribution >= 0.6 is 0 Å². The number of carbonyl (C=O) groups excluding carboxylic acids is 3. The van der Waals surface area contributed by atoms with Crippen LogP contribution in [0, 0.1) is 0 Å². The van der Waals surface area contributed by atoms with Crippen LogP contribution in [-0.2, 0) is 32.1 Å². The first kappa shape index (κ1) is 21.7. The van der Waals surface area contributed by atoms with Gasteiger partial charge in [-0.05, 0) is 58.7 Å². The Hall–Kier alpha value is -2.37. The molecule has 0 atom stereocenters. The summed E-state index contributed by atoms with van der Waals surface area (Å²) in [5, 5.41) is 0. The van der Waals surface area contributed by atoms with Crippen molar-refractivity contribution in [3.05, 3.63) is 28.8 Å². The molecular formula is C20H28O6. The molecule has 1 aromatic carbocycles. The third-order valence-electron chi connectivity index (χ3n) is 3.23. The van der Waals surface area contributed by atoms with Crippen LogP contribution in [0.3, 0.4) is 0 Å². The van der Waals surface area contributed by atoms with Crippen molar-refractivity contribution >= 4 is 18.2 Å². The van der Waals surface area contributed by atoms with Crippen LogP contribution in [-0.4, -0.2) is 29.9 Å². The van der Waals surface area contributed by atoms with E-state index in [0.29, 0.717) is 28.9 Å². The van der Waals surface area contributed by atoms with Gasteiger partial charge in [-0.25, -0.2) is 0 Å². The summed E-state index contributed by atoms with van der Waals surface area (Å²) in [7, 11) is 0. The number of rotatable bonds is 8. The molecule has 6 nitrogen and oxygen atoms in total. The molecule has 6 heteroatoms. The lowest BCUT2D eigenvalue weighted by atomic mass is 9.99. The zero-order valence-electron chi connectivity index (χ0n) is 16.4. The fourth-order valence-electron chi connectivity index (χ4n) is 2.35. The van der Waals surface area contributed by atoms with Gasteiger partial charge in [0.05, 0.1) is 6.10 Å². The Morgan fingerprint density at radius 3 is 2.35 bits per heavy atom. The van der Waals surface area contributed by atoms with Crippen molar-refractivity contribution in [3.63, 3.8) is 0 Å². The largest absolute Gasteiger partial charge is 0.491 e. The second-order valence-corrected chi connectivity index (χ2v) is 7.31. The molecule has 0 unspecified atom stereocenters. The minimum Gasteiger partial charge on any atom is -0.491 e. The number of esters is 2. The SMILES string of the molecule is CC(=O)OCc1cc(C=O)c(CCC(=O)OC(C)(C)C)c(OC(C)C)c1. The van der Waals surface area contributed by atoms with E-state index in [4.69, 9.17) is 14.2 Å². The Morgan fingerprint density at radius 1 is 1.19 bits per heavy atom. The highest BCUT2D eigenvalue weighted by Gasteiger charge is 2.19. The highest BCUT2D eigenvalue weighted by atomic mass is 16.6. The Labute approximate surface area is 154 Å². The van der Waals surface area contributed by atoms with E-state index in [1.54, 1.807) is 32.9 Å². The Kier molecular flexibility index (Phi) is 7.80. The van der Waals surface area contributed by atoms with Gasteiger partial charge in [-0.2, -0.15) is 0 Å². The molecule has 0 fully saturated rings. The van der Waals surface area contributed by atoms with E-state index in [0.717, 1.165) is 6.29 Å². The highest BCUT2D eigenvalue weighted by molar-refractivity contribution is 5.80. The third kappa shape index (κ3) is 7.68. The van der Waals surface area contributed by atoms with Gasteiger partial charge >= 0.3 is 11.9 Å². The molecule has 0 aliphatic heterocycles. The molecule has 0 N–H and O–H groups in total. The molecule has 1 rings (SSSR count). The monoisotopic (exact) mass is 364 g/mol. The molecule has 0 saturated heterocycles. The molecule has 0 aliphatic carbocycles. The fraction of sp³-hybridized carbons (Fsp3) is 0.550. The average Bonchev–Trinajstić information content (AvgIpc) is 2.48. The van der Waals surface area contributed by atoms with Crippen molar-refractivity contribution in [1.29, 1.82) is 0 Å². The first-order chi connectivity index (χ1) is 12.0. The molecule has 0 radical (unpaired) electrons. The predicted molar refractivity (Wildman–Crippen MR) is 97.2 cm³/mol. The fourth-order valence-corrected chi connectivity index (χ4v) is 2.35. The van der Waals surface area contributed by atoms with Crippen LogP contribution < -0.4 is 4.74 Å². The van der Waals surface area contributed by atoms with E-state index in [1.165, 1.54) is 6.92 Å². The summed E-state index contributed by atoms with van der Waals surface area (Å²) >= 11 is 0. The second-order valence-electron chi connectivity index (χ2n) is 7.31. The van der Waals surface area contributed by atoms with Gasteiger partial charge in [0.1, 0.15) is 24.2 Å². The zero-order chi connectivity index (χ0) is 19.9. The molecule has 0 bridgehead atoms. The molecule has 0 aliphatic rings. The van der Waals surface area contributed by atoms with Crippen molar-refractivity contribution in [2.45, 2.75) is 72.7 Å². The molecule has 0 spiro atoms. The maximum atomic E-state index is 12.0. The number of hydrogen-bond donors (Lipinski definition) is 0. The summed E-state index contributed by atoms with van der Waals surface area (Å²) in [4.78, 5) is 34.6. The van der Waals surface area contributed by atoms with E-state index >= 15 is 0 Å². The number of aldehydes is 1. The maximum absolute atomic E-state index is 12.0. The van der Waals surface area contributed by atoms with Gasteiger partial charge in [0, 0.05) is 24.5 Å². The van der Waals surface area contributed by atoms with Crippen LogP contribution in [0.15, 0.2) is 12.1 Å². The number of carbonyl (C=O) groups is 3. The number of ether oxygens (including phenoxy) is 3. The zero-order valence-corrected chi connectivity index (χ0v) is 16.4. The minimum atomic E-state index is -0.560. The van der Waals surface area contributed by atoms with Crippen LogP contribution in [0.2, 0.25) is 0 Å². The first-order valence-corrected chi connectivity index (χ1v) is 8.64. The lowest BCUT2D eigenvalue weighted by Gasteiger charge is -2.20. The lowest BCUT2D eigenvalue weighted by Crippen LogP contribution is -2.24. The van der Waals surface area contributed by atoms with Crippen molar-refractivity contribution in [3.8, 4) is 5.75 Å². The van der Waals surface area contributed by atoms with Crippen LogP contribution in [0.1, 0.15) is 69.4 Å². The topological polar surface area (TPSA) is 78.9 Å². The van der Waals surface area contributed by atoms with Gasteiger partial charge in [-0.15, -0.1) is 0 Å². The van der Waals surface area contributed by atoms with Crippen molar-refractivity contribution in [2.24, 2.45) is 0 Å². The smallest absolute Gasteiger partial charge is 0.306 e. The summed E-state index contributed by atoms with van der Waals surface area (Å²) in [5.41, 5.74) is 1.15. The summed E-state index contributed by atoms with van der Waals surface area (Å²) in [5.74, 6) is -0.234.